The van der Waals surface area contributed by atoms with Crippen LogP contribution in [-0.2, 0) is 0 Å². The van der Waals surface area contributed by atoms with Gasteiger partial charge in [0.05, 0.1) is 11.4 Å². The minimum absolute atomic E-state index is 0.954. The van der Waals surface area contributed by atoms with Gasteiger partial charge in [-0.1, -0.05) is 188 Å². The molecule has 254 valence electrons. The van der Waals surface area contributed by atoms with E-state index in [4.69, 9.17) is 9.97 Å². The zero-order valence-corrected chi connectivity index (χ0v) is 29.7. The number of hydrogen-bond donors (Lipinski definition) is 0. The van der Waals surface area contributed by atoms with Gasteiger partial charge in [-0.2, -0.15) is 0 Å². The first-order valence-corrected chi connectivity index (χ1v) is 18.3. The summed E-state index contributed by atoms with van der Waals surface area (Å²) < 4.78 is 0. The summed E-state index contributed by atoms with van der Waals surface area (Å²) in [4.78, 5) is 10.0. The van der Waals surface area contributed by atoms with E-state index >= 15 is 0 Å². The van der Waals surface area contributed by atoms with Crippen LogP contribution in [0.1, 0.15) is 0 Å². The van der Waals surface area contributed by atoms with Crippen molar-refractivity contribution in [1.82, 2.24) is 9.97 Å². The Morgan fingerprint density at radius 2 is 0.519 bits per heavy atom. The third-order valence-electron chi connectivity index (χ3n) is 10.0. The predicted molar refractivity (Wildman–Crippen MR) is 226 cm³/mol. The molecule has 0 saturated heterocycles. The molecule has 0 aliphatic rings. The van der Waals surface area contributed by atoms with E-state index < -0.39 is 0 Å². The van der Waals surface area contributed by atoms with Crippen LogP contribution in [-0.4, -0.2) is 9.97 Å². The van der Waals surface area contributed by atoms with E-state index in [1.54, 1.807) is 0 Å². The van der Waals surface area contributed by atoms with Gasteiger partial charge in [0.15, 0.2) is 0 Å². The molecule has 0 aliphatic carbocycles. The van der Waals surface area contributed by atoms with Crippen molar-refractivity contribution in [2.45, 2.75) is 0 Å². The van der Waals surface area contributed by atoms with Crippen molar-refractivity contribution in [3.05, 3.63) is 219 Å². The van der Waals surface area contributed by atoms with Gasteiger partial charge in [-0.15, -0.1) is 0 Å². The minimum atomic E-state index is 0.954. The monoisotopic (exact) mass is 688 g/mol. The average Bonchev–Trinajstić information content (AvgIpc) is 3.27. The molecule has 54 heavy (non-hydrogen) atoms. The molecule has 9 rings (SSSR count). The van der Waals surface area contributed by atoms with Crippen LogP contribution in [0.4, 0.5) is 0 Å². The molecule has 2 heteroatoms. The molecule has 0 fully saturated rings. The highest BCUT2D eigenvalue weighted by molar-refractivity contribution is 5.96. The maximum atomic E-state index is 5.01. The van der Waals surface area contributed by atoms with Crippen LogP contribution in [0, 0.1) is 0 Å². The van der Waals surface area contributed by atoms with Gasteiger partial charge in [0, 0.05) is 34.6 Å². The van der Waals surface area contributed by atoms with Gasteiger partial charge in [0.2, 0.25) is 0 Å². The molecule has 0 atom stereocenters. The fourth-order valence-corrected chi connectivity index (χ4v) is 7.38. The minimum Gasteiger partial charge on any atom is -0.256 e. The Morgan fingerprint density at radius 1 is 0.204 bits per heavy atom. The Kier molecular flexibility index (Phi) is 8.99. The van der Waals surface area contributed by atoms with Crippen LogP contribution in [0.3, 0.4) is 0 Å². The van der Waals surface area contributed by atoms with Crippen molar-refractivity contribution in [2.24, 2.45) is 0 Å². The number of nitrogens with zero attached hydrogens (tertiary/aromatic N) is 2. The number of benzene rings is 7. The fourth-order valence-electron chi connectivity index (χ4n) is 7.38. The molecule has 0 spiro atoms. The molecule has 2 heterocycles. The second-order valence-electron chi connectivity index (χ2n) is 13.4. The summed E-state index contributed by atoms with van der Waals surface area (Å²) in [6.07, 6.45) is 4.08. The Bertz CT molecular complexity index is 2500. The van der Waals surface area contributed by atoms with Crippen LogP contribution in [0.25, 0.3) is 89.3 Å². The van der Waals surface area contributed by atoms with Crippen molar-refractivity contribution >= 4 is 0 Å². The Balaban J connectivity index is 1.17. The molecule has 7 aromatic carbocycles. The molecule has 0 radical (unpaired) electrons. The molecule has 0 saturated carbocycles. The standard InChI is InChI=1S/C52H36N2/c1-5-18-37(19-6-1)47-33-51(39-22-9-3-10-23-39)53-35-49(47)45-30-15-13-28-43(45)41-26-17-27-42(32-41)44-29-14-16-31-46(44)50-36-54-52(40-24-11-4-12-25-40)34-48(50)38-20-7-2-8-21-38/h1-36H. The lowest BCUT2D eigenvalue weighted by Gasteiger charge is -2.18. The lowest BCUT2D eigenvalue weighted by molar-refractivity contribution is 1.32. The third-order valence-corrected chi connectivity index (χ3v) is 10.0. The highest BCUT2D eigenvalue weighted by Crippen LogP contribution is 2.43. The van der Waals surface area contributed by atoms with Crippen molar-refractivity contribution in [3.63, 3.8) is 0 Å². The molecule has 2 nitrogen and oxygen atoms in total. The zero-order chi connectivity index (χ0) is 36.1. The van der Waals surface area contributed by atoms with E-state index in [2.05, 4.69) is 194 Å². The quantitative estimate of drug-likeness (QED) is 0.159. The van der Waals surface area contributed by atoms with Crippen LogP contribution in [0.15, 0.2) is 219 Å². The summed E-state index contributed by atoms with van der Waals surface area (Å²) in [5.74, 6) is 0. The van der Waals surface area contributed by atoms with Crippen LogP contribution >= 0.6 is 0 Å². The lowest BCUT2D eigenvalue weighted by atomic mass is 9.87. The SMILES string of the molecule is c1ccc(-c2cc(-c3ccccc3)c(-c3ccccc3-c3cccc(-c4ccccc4-c4cnc(-c5ccccc5)cc4-c4ccccc4)c3)cn2)cc1. The van der Waals surface area contributed by atoms with Gasteiger partial charge in [0.1, 0.15) is 0 Å². The summed E-state index contributed by atoms with van der Waals surface area (Å²) in [6.45, 7) is 0. The number of aromatic nitrogens is 2. The van der Waals surface area contributed by atoms with E-state index in [1.807, 2.05) is 24.5 Å². The first kappa shape index (κ1) is 32.7. The Morgan fingerprint density at radius 3 is 0.907 bits per heavy atom. The zero-order valence-electron chi connectivity index (χ0n) is 29.7. The number of pyridine rings is 2. The van der Waals surface area contributed by atoms with Crippen molar-refractivity contribution in [1.29, 1.82) is 0 Å². The molecule has 2 aromatic heterocycles. The average molecular weight is 689 g/mol. The van der Waals surface area contributed by atoms with Crippen molar-refractivity contribution in [3.8, 4) is 89.3 Å². The molecule has 0 unspecified atom stereocenters. The first-order valence-electron chi connectivity index (χ1n) is 18.3. The molecule has 0 amide bonds. The largest absolute Gasteiger partial charge is 0.256 e. The van der Waals surface area contributed by atoms with Gasteiger partial charge in [-0.25, -0.2) is 0 Å². The second kappa shape index (κ2) is 14.8. The smallest absolute Gasteiger partial charge is 0.0708 e. The first-order chi connectivity index (χ1) is 26.8. The maximum Gasteiger partial charge on any atom is 0.0708 e. The van der Waals surface area contributed by atoms with Gasteiger partial charge in [0.25, 0.3) is 0 Å². The topological polar surface area (TPSA) is 25.8 Å². The van der Waals surface area contributed by atoms with Gasteiger partial charge in [-0.3, -0.25) is 9.97 Å². The maximum absolute atomic E-state index is 5.01. The third kappa shape index (κ3) is 6.53. The predicted octanol–water partition coefficient (Wildman–Crippen LogP) is 13.8. The number of rotatable bonds is 8. The summed E-state index contributed by atoms with van der Waals surface area (Å²) >= 11 is 0. The van der Waals surface area contributed by atoms with Crippen LogP contribution in [0.2, 0.25) is 0 Å². The molecular weight excluding hydrogens is 653 g/mol. The normalized spacial score (nSPS) is 11.0. The highest BCUT2D eigenvalue weighted by Gasteiger charge is 2.18. The molecule has 0 N–H and O–H groups in total. The summed E-state index contributed by atoms with van der Waals surface area (Å²) in [5, 5.41) is 0. The van der Waals surface area contributed by atoms with E-state index in [0.29, 0.717) is 0 Å². The highest BCUT2D eigenvalue weighted by atomic mass is 14.7. The van der Waals surface area contributed by atoms with Crippen molar-refractivity contribution in [2.75, 3.05) is 0 Å². The lowest BCUT2D eigenvalue weighted by Crippen LogP contribution is -1.94. The fraction of sp³-hybridized carbons (Fsp3) is 0. The second-order valence-corrected chi connectivity index (χ2v) is 13.4. The van der Waals surface area contributed by atoms with Crippen LogP contribution in [0.5, 0.6) is 0 Å². The summed E-state index contributed by atoms with van der Waals surface area (Å²) in [5.41, 5.74) is 17.8. The van der Waals surface area contributed by atoms with Crippen LogP contribution < -0.4 is 0 Å². The Hall–Kier alpha value is -7.16. The summed E-state index contributed by atoms with van der Waals surface area (Å²) in [7, 11) is 0. The molecule has 0 bridgehead atoms. The van der Waals surface area contributed by atoms with Gasteiger partial charge >= 0.3 is 0 Å². The Labute approximate surface area is 316 Å². The van der Waals surface area contributed by atoms with E-state index in [1.165, 1.54) is 0 Å². The van der Waals surface area contributed by atoms with E-state index in [-0.39, 0.29) is 0 Å². The van der Waals surface area contributed by atoms with Gasteiger partial charge < -0.3 is 0 Å². The number of hydrogen-bond acceptors (Lipinski definition) is 2. The molecule has 0 aliphatic heterocycles. The van der Waals surface area contributed by atoms with E-state index in [0.717, 1.165) is 89.3 Å². The van der Waals surface area contributed by atoms with Crippen molar-refractivity contribution < 1.29 is 0 Å². The van der Waals surface area contributed by atoms with E-state index in [9.17, 15) is 0 Å². The molecule has 9 aromatic rings. The summed E-state index contributed by atoms with van der Waals surface area (Å²) in [6, 6.07) is 72.8. The molecular formula is C52H36N2. The van der Waals surface area contributed by atoms with Gasteiger partial charge in [-0.05, 0) is 73.8 Å².